The van der Waals surface area contributed by atoms with Crippen molar-refractivity contribution >= 4 is 59.9 Å². The van der Waals surface area contributed by atoms with Gasteiger partial charge in [0.25, 0.3) is 0 Å². The topological polar surface area (TPSA) is 6.48 Å². The van der Waals surface area contributed by atoms with Crippen LogP contribution >= 0.6 is 11.3 Å². The lowest BCUT2D eigenvalue weighted by atomic mass is 9.65. The molecule has 0 amide bonds. The summed E-state index contributed by atoms with van der Waals surface area (Å²) in [6.07, 6.45) is 0. The molecule has 2 aliphatic rings. The minimum atomic E-state index is -0.685. The second kappa shape index (κ2) is 15.1. The van der Waals surface area contributed by atoms with Crippen molar-refractivity contribution in [2.45, 2.75) is 12.0 Å². The predicted octanol–water partition coefficient (Wildman–Crippen LogP) is 16.9. The lowest BCUT2D eigenvalue weighted by molar-refractivity contribution is 0.773. The molecule has 1 atom stereocenters. The number of rotatable bonds is 7. The van der Waals surface area contributed by atoms with Gasteiger partial charge < -0.3 is 9.80 Å². The summed E-state index contributed by atoms with van der Waals surface area (Å²) in [6.45, 7) is 0.700. The second-order valence-electron chi connectivity index (χ2n) is 17.2. The summed E-state index contributed by atoms with van der Waals surface area (Å²) < 4.78 is 2.62. The van der Waals surface area contributed by atoms with E-state index in [1.165, 1.54) is 81.4 Å². The molecule has 0 fully saturated rings. The van der Waals surface area contributed by atoms with Crippen molar-refractivity contribution in [1.29, 1.82) is 0 Å². The number of fused-ring (bicyclic) bond motifs is 15. The van der Waals surface area contributed by atoms with Gasteiger partial charge in [-0.05, 0) is 140 Å². The summed E-state index contributed by atoms with van der Waals surface area (Å²) in [5, 5.41) is 2.63. The molecule has 0 aliphatic heterocycles. The summed E-state index contributed by atoms with van der Waals surface area (Å²) in [5.41, 5.74) is 19.1. The van der Waals surface area contributed by atoms with Crippen LogP contribution < -0.4 is 9.80 Å². The molecule has 1 spiro atoms. The van der Waals surface area contributed by atoms with Crippen molar-refractivity contribution in [3.05, 3.63) is 270 Å². The first kappa shape index (κ1) is 37.6. The quantitative estimate of drug-likeness (QED) is 0.158. The fourth-order valence-corrected chi connectivity index (χ4v) is 12.1. The van der Waals surface area contributed by atoms with Crippen LogP contribution in [-0.2, 0) is 12.0 Å². The van der Waals surface area contributed by atoms with Crippen molar-refractivity contribution in [2.24, 2.45) is 0 Å². The summed E-state index contributed by atoms with van der Waals surface area (Å²) in [5.74, 6) is 0. The number of anilines is 5. The largest absolute Gasteiger partial charge is 0.337 e. The molecule has 1 heterocycles. The molecule has 0 N–H and O–H groups in total. The first-order chi connectivity index (χ1) is 32.2. The maximum Gasteiger partial charge on any atom is 0.0726 e. The van der Waals surface area contributed by atoms with Crippen molar-refractivity contribution in [1.82, 2.24) is 0 Å². The van der Waals surface area contributed by atoms with Crippen LogP contribution in [0.2, 0.25) is 0 Å². The zero-order valence-corrected chi connectivity index (χ0v) is 36.4. The fraction of sp³-hybridized carbons (Fsp3) is 0.0323. The van der Waals surface area contributed by atoms with Gasteiger partial charge in [-0.1, -0.05) is 164 Å². The normalized spacial score (nSPS) is 14.3. The number of hydrogen-bond donors (Lipinski definition) is 0. The Hall–Kier alpha value is -7.98. The Morgan fingerprint density at radius 1 is 0.308 bits per heavy atom. The van der Waals surface area contributed by atoms with E-state index in [4.69, 9.17) is 0 Å². The number of nitrogens with zero attached hydrogens (tertiary/aromatic N) is 2. The van der Waals surface area contributed by atoms with Crippen molar-refractivity contribution in [3.8, 4) is 33.4 Å². The van der Waals surface area contributed by atoms with Crippen molar-refractivity contribution < 1.29 is 0 Å². The van der Waals surface area contributed by atoms with Gasteiger partial charge in [0.15, 0.2) is 0 Å². The van der Waals surface area contributed by atoms with Crippen LogP contribution in [0, 0.1) is 0 Å². The number of thiophene rings is 1. The van der Waals surface area contributed by atoms with Gasteiger partial charge in [-0.3, -0.25) is 0 Å². The molecule has 0 radical (unpaired) electrons. The minimum absolute atomic E-state index is 0.685. The maximum absolute atomic E-state index is 2.56. The Balaban J connectivity index is 1.15. The van der Waals surface area contributed by atoms with E-state index in [1.54, 1.807) is 0 Å². The third-order valence-corrected chi connectivity index (χ3v) is 14.8. The third-order valence-electron chi connectivity index (χ3n) is 13.7. The average Bonchev–Trinajstić information content (AvgIpc) is 3.85. The highest BCUT2D eigenvalue weighted by molar-refractivity contribution is 7.25. The standard InChI is InChI=1S/C62H42N2S/c1-5-19-43(20-6-1)63(44-21-7-2-8-22-44)41-42-33-35-51-48-27-13-14-28-49(48)52-36-34-47(64(45-23-9-3-10-24-45)46-25-11-4-12-26-46)38-58(52)62(57(51)37-42)56-31-17-15-29-50(56)54-39-55-53-30-16-18-32-60(53)65-61(55)40-59(54)62/h1-40H,41H2. The highest BCUT2D eigenvalue weighted by Gasteiger charge is 2.50. The van der Waals surface area contributed by atoms with Gasteiger partial charge >= 0.3 is 0 Å². The van der Waals surface area contributed by atoms with E-state index in [1.807, 2.05) is 11.3 Å². The zero-order valence-electron chi connectivity index (χ0n) is 35.6. The van der Waals surface area contributed by atoms with Gasteiger partial charge in [-0.2, -0.15) is 0 Å². The van der Waals surface area contributed by atoms with Gasteiger partial charge in [0.2, 0.25) is 0 Å². The first-order valence-corrected chi connectivity index (χ1v) is 23.3. The number of para-hydroxylation sites is 4. The highest BCUT2D eigenvalue weighted by atomic mass is 32.1. The Bertz CT molecular complexity index is 3500. The predicted molar refractivity (Wildman–Crippen MR) is 274 cm³/mol. The van der Waals surface area contributed by atoms with Crippen LogP contribution in [0.4, 0.5) is 28.4 Å². The minimum Gasteiger partial charge on any atom is -0.337 e. The summed E-state index contributed by atoms with van der Waals surface area (Å²) in [6, 6.07) is 90.1. The molecule has 0 saturated heterocycles. The molecule has 0 saturated carbocycles. The molecule has 3 heteroatoms. The maximum atomic E-state index is 2.56. The molecule has 1 aromatic heterocycles. The fourth-order valence-electron chi connectivity index (χ4n) is 11.0. The second-order valence-corrected chi connectivity index (χ2v) is 18.3. The number of benzene rings is 10. The lowest BCUT2D eigenvalue weighted by Gasteiger charge is -2.37. The van der Waals surface area contributed by atoms with Gasteiger partial charge in [0, 0.05) is 55.2 Å². The van der Waals surface area contributed by atoms with Crippen LogP contribution in [0.1, 0.15) is 27.8 Å². The van der Waals surface area contributed by atoms with E-state index in [0.717, 1.165) is 28.4 Å². The monoisotopic (exact) mass is 846 g/mol. The van der Waals surface area contributed by atoms with Gasteiger partial charge in [-0.25, -0.2) is 0 Å². The van der Waals surface area contributed by atoms with Crippen LogP contribution in [0.15, 0.2) is 243 Å². The third kappa shape index (κ3) is 5.86. The highest BCUT2D eigenvalue weighted by Crippen LogP contribution is 2.63. The van der Waals surface area contributed by atoms with Crippen LogP contribution in [0.3, 0.4) is 0 Å². The van der Waals surface area contributed by atoms with E-state index in [9.17, 15) is 0 Å². The molecule has 2 aliphatic carbocycles. The van der Waals surface area contributed by atoms with Crippen LogP contribution in [0.5, 0.6) is 0 Å². The Morgan fingerprint density at radius 3 is 1.45 bits per heavy atom. The Kier molecular flexibility index (Phi) is 8.72. The molecule has 11 aromatic rings. The Morgan fingerprint density at radius 2 is 0.800 bits per heavy atom. The van der Waals surface area contributed by atoms with Crippen LogP contribution in [0.25, 0.3) is 53.6 Å². The van der Waals surface area contributed by atoms with Crippen molar-refractivity contribution in [3.63, 3.8) is 0 Å². The molecule has 10 aromatic carbocycles. The van der Waals surface area contributed by atoms with Crippen molar-refractivity contribution in [2.75, 3.05) is 9.80 Å². The number of hydrogen-bond acceptors (Lipinski definition) is 3. The molecule has 65 heavy (non-hydrogen) atoms. The molecule has 0 bridgehead atoms. The zero-order chi connectivity index (χ0) is 42.9. The van der Waals surface area contributed by atoms with E-state index < -0.39 is 5.41 Å². The first-order valence-electron chi connectivity index (χ1n) is 22.5. The SMILES string of the molecule is c1ccc(N(Cc2ccc3c(c2)C2(c4cc(N(c5ccccc5)c5ccccc5)ccc4-c4ccccc4-3)c3ccccc3-c3cc4c(cc32)sc2ccccc24)c2ccccc2)cc1. The van der Waals surface area contributed by atoms with E-state index in [-0.39, 0.29) is 0 Å². The molecule has 13 rings (SSSR count). The van der Waals surface area contributed by atoms with Crippen LogP contribution in [-0.4, -0.2) is 0 Å². The van der Waals surface area contributed by atoms with Gasteiger partial charge in [0.05, 0.1) is 5.41 Å². The molecule has 306 valence electrons. The van der Waals surface area contributed by atoms with E-state index in [2.05, 4.69) is 252 Å². The van der Waals surface area contributed by atoms with Gasteiger partial charge in [-0.15, -0.1) is 11.3 Å². The summed E-state index contributed by atoms with van der Waals surface area (Å²) in [7, 11) is 0. The molecular weight excluding hydrogens is 805 g/mol. The van der Waals surface area contributed by atoms with E-state index in [0.29, 0.717) is 6.54 Å². The molecule has 2 nitrogen and oxygen atoms in total. The van der Waals surface area contributed by atoms with Gasteiger partial charge in [0.1, 0.15) is 0 Å². The van der Waals surface area contributed by atoms with E-state index >= 15 is 0 Å². The molecular formula is C62H42N2S. The Labute approximate surface area is 383 Å². The lowest BCUT2D eigenvalue weighted by Crippen LogP contribution is -2.30. The average molecular weight is 847 g/mol. The summed E-state index contributed by atoms with van der Waals surface area (Å²) in [4.78, 5) is 4.86. The summed E-state index contributed by atoms with van der Waals surface area (Å²) >= 11 is 1.90. The smallest absolute Gasteiger partial charge is 0.0726 e. The molecule has 1 unspecified atom stereocenters.